The molecule has 154 valence electrons. The summed E-state index contributed by atoms with van der Waals surface area (Å²) in [5, 5.41) is 0. The minimum Gasteiger partial charge on any atom is -0.354 e. The van der Waals surface area contributed by atoms with Crippen molar-refractivity contribution < 1.29 is 4.79 Å². The molecule has 7 nitrogen and oxygen atoms in total. The van der Waals surface area contributed by atoms with Crippen LogP contribution >= 0.6 is 0 Å². The average molecular weight is 387 g/mol. The van der Waals surface area contributed by atoms with E-state index >= 15 is 0 Å². The summed E-state index contributed by atoms with van der Waals surface area (Å²) in [5.74, 6) is 3.52. The van der Waals surface area contributed by atoms with E-state index in [9.17, 15) is 4.79 Å². The number of hydrogen-bond acceptors (Lipinski definition) is 6. The summed E-state index contributed by atoms with van der Waals surface area (Å²) in [6, 6.07) is 2.14. The van der Waals surface area contributed by atoms with Gasteiger partial charge in [-0.2, -0.15) is 0 Å². The normalized spacial score (nSPS) is 22.6. The van der Waals surface area contributed by atoms with E-state index < -0.39 is 0 Å². The van der Waals surface area contributed by atoms with Gasteiger partial charge in [-0.25, -0.2) is 9.97 Å². The number of hydrogen-bond donors (Lipinski definition) is 0. The second-order valence-electron chi connectivity index (χ2n) is 8.57. The number of aromatic nitrogens is 2. The summed E-state index contributed by atoms with van der Waals surface area (Å²) in [4.78, 5) is 31.3. The number of aryl methyl sites for hydroxylation is 1. The van der Waals surface area contributed by atoms with Crippen molar-refractivity contribution in [2.75, 3.05) is 69.2 Å². The van der Waals surface area contributed by atoms with Crippen molar-refractivity contribution in [2.24, 2.45) is 5.92 Å². The molecule has 0 aromatic carbocycles. The summed E-state index contributed by atoms with van der Waals surface area (Å²) in [6.45, 7) is 9.47. The molecule has 3 aliphatic rings. The lowest BCUT2D eigenvalue weighted by atomic mass is 9.88. The molecule has 3 heterocycles. The molecular weight excluding hydrogens is 352 g/mol. The number of carbonyl (C=O) groups is 1. The highest BCUT2D eigenvalue weighted by Crippen LogP contribution is 2.27. The number of anilines is 2. The zero-order chi connectivity index (χ0) is 19.5. The van der Waals surface area contributed by atoms with Gasteiger partial charge in [-0.3, -0.25) is 4.79 Å². The van der Waals surface area contributed by atoms with Crippen molar-refractivity contribution in [1.29, 1.82) is 0 Å². The van der Waals surface area contributed by atoms with Crippen LogP contribution in [0.2, 0.25) is 0 Å². The molecule has 0 bridgehead atoms. The molecule has 0 atom stereocenters. The van der Waals surface area contributed by atoms with Gasteiger partial charge in [0, 0.05) is 64.3 Å². The summed E-state index contributed by atoms with van der Waals surface area (Å²) >= 11 is 0. The van der Waals surface area contributed by atoms with Gasteiger partial charge in [0.25, 0.3) is 0 Å². The Hall–Kier alpha value is -1.89. The van der Waals surface area contributed by atoms with E-state index in [-0.39, 0.29) is 5.92 Å². The molecule has 28 heavy (non-hydrogen) atoms. The van der Waals surface area contributed by atoms with Crippen LogP contribution in [0, 0.1) is 12.8 Å². The van der Waals surface area contributed by atoms with Crippen molar-refractivity contribution in [3.05, 3.63) is 11.9 Å². The van der Waals surface area contributed by atoms with E-state index in [4.69, 9.17) is 4.98 Å². The standard InChI is InChI=1S/C21H34N6O/c1-17-22-19(25-10-8-24(2)9-11-25)16-20(23-17)26-12-14-27(15-13-26)21(28)18-6-4-3-5-7-18/h16,18H,3-15H2,1-2H3. The topological polar surface area (TPSA) is 55.8 Å². The SMILES string of the molecule is Cc1nc(N2CCN(C)CC2)cc(N2CCN(C(=O)C3CCCCC3)CC2)n1. The molecule has 7 heteroatoms. The maximum absolute atomic E-state index is 12.8. The lowest BCUT2D eigenvalue weighted by Gasteiger charge is -2.38. The Morgan fingerprint density at radius 3 is 1.96 bits per heavy atom. The fourth-order valence-corrected chi connectivity index (χ4v) is 4.66. The lowest BCUT2D eigenvalue weighted by molar-refractivity contribution is -0.136. The minimum atomic E-state index is 0.269. The Morgan fingerprint density at radius 2 is 1.39 bits per heavy atom. The van der Waals surface area contributed by atoms with Crippen molar-refractivity contribution in [1.82, 2.24) is 19.8 Å². The van der Waals surface area contributed by atoms with Crippen LogP contribution in [0.1, 0.15) is 37.9 Å². The van der Waals surface area contributed by atoms with Crippen LogP contribution in [0.5, 0.6) is 0 Å². The Bertz CT molecular complexity index is 673. The molecule has 1 aliphatic carbocycles. The lowest BCUT2D eigenvalue weighted by Crippen LogP contribution is -2.51. The number of nitrogens with zero attached hydrogens (tertiary/aromatic N) is 6. The van der Waals surface area contributed by atoms with Crippen LogP contribution in [-0.4, -0.2) is 85.1 Å². The monoisotopic (exact) mass is 386 g/mol. The van der Waals surface area contributed by atoms with Gasteiger partial charge >= 0.3 is 0 Å². The number of carbonyl (C=O) groups excluding carboxylic acids is 1. The number of rotatable bonds is 3. The first-order chi connectivity index (χ1) is 13.6. The van der Waals surface area contributed by atoms with E-state index in [1.807, 2.05) is 6.92 Å². The quantitative estimate of drug-likeness (QED) is 0.789. The van der Waals surface area contributed by atoms with Crippen LogP contribution in [0.4, 0.5) is 11.6 Å². The molecule has 2 saturated heterocycles. The molecule has 2 aliphatic heterocycles. The Kier molecular flexibility index (Phi) is 5.99. The van der Waals surface area contributed by atoms with E-state index in [1.165, 1.54) is 19.3 Å². The molecule has 0 radical (unpaired) electrons. The van der Waals surface area contributed by atoms with Gasteiger partial charge < -0.3 is 19.6 Å². The highest BCUT2D eigenvalue weighted by atomic mass is 16.2. The molecular formula is C21H34N6O. The van der Waals surface area contributed by atoms with E-state index in [0.717, 1.165) is 82.7 Å². The molecule has 1 aromatic rings. The smallest absolute Gasteiger partial charge is 0.225 e. The fraction of sp³-hybridized carbons (Fsp3) is 0.762. The van der Waals surface area contributed by atoms with Crippen LogP contribution in [-0.2, 0) is 4.79 Å². The van der Waals surface area contributed by atoms with Crippen molar-refractivity contribution >= 4 is 17.5 Å². The van der Waals surface area contributed by atoms with E-state index in [2.05, 4.69) is 37.7 Å². The zero-order valence-electron chi connectivity index (χ0n) is 17.4. The largest absolute Gasteiger partial charge is 0.354 e. The van der Waals surface area contributed by atoms with Crippen molar-refractivity contribution in [2.45, 2.75) is 39.0 Å². The third-order valence-electron chi connectivity index (χ3n) is 6.51. The minimum absolute atomic E-state index is 0.269. The second-order valence-corrected chi connectivity index (χ2v) is 8.57. The molecule has 3 fully saturated rings. The highest BCUT2D eigenvalue weighted by Gasteiger charge is 2.29. The van der Waals surface area contributed by atoms with Gasteiger partial charge in [0.15, 0.2) is 0 Å². The maximum Gasteiger partial charge on any atom is 0.225 e. The van der Waals surface area contributed by atoms with Crippen LogP contribution in [0.15, 0.2) is 6.07 Å². The van der Waals surface area contributed by atoms with Crippen molar-refractivity contribution in [3.8, 4) is 0 Å². The van der Waals surface area contributed by atoms with Gasteiger partial charge in [-0.1, -0.05) is 19.3 Å². The van der Waals surface area contributed by atoms with Crippen molar-refractivity contribution in [3.63, 3.8) is 0 Å². The summed E-state index contributed by atoms with van der Waals surface area (Å²) in [5.41, 5.74) is 0. The number of piperazine rings is 2. The maximum atomic E-state index is 12.8. The molecule has 1 saturated carbocycles. The van der Waals surface area contributed by atoms with Gasteiger partial charge in [0.2, 0.25) is 5.91 Å². The molecule has 0 N–H and O–H groups in total. The fourth-order valence-electron chi connectivity index (χ4n) is 4.66. The highest BCUT2D eigenvalue weighted by molar-refractivity contribution is 5.79. The summed E-state index contributed by atoms with van der Waals surface area (Å²) in [6.07, 6.45) is 5.88. The molecule has 1 aromatic heterocycles. The van der Waals surface area contributed by atoms with Gasteiger partial charge in [-0.15, -0.1) is 0 Å². The second kappa shape index (κ2) is 8.64. The van der Waals surface area contributed by atoms with Gasteiger partial charge in [-0.05, 0) is 26.8 Å². The average Bonchev–Trinajstić information content (AvgIpc) is 2.74. The van der Waals surface area contributed by atoms with Crippen LogP contribution < -0.4 is 9.80 Å². The molecule has 0 unspecified atom stereocenters. The Morgan fingerprint density at radius 1 is 0.857 bits per heavy atom. The third kappa shape index (κ3) is 4.40. The third-order valence-corrected chi connectivity index (χ3v) is 6.51. The van der Waals surface area contributed by atoms with Crippen LogP contribution in [0.3, 0.4) is 0 Å². The van der Waals surface area contributed by atoms with Gasteiger partial charge in [0.1, 0.15) is 17.5 Å². The Labute approximate surface area is 168 Å². The number of likely N-dealkylation sites (N-methyl/N-ethyl adjacent to an activating group) is 1. The first-order valence-electron chi connectivity index (χ1n) is 10.9. The molecule has 4 rings (SSSR count). The first-order valence-corrected chi connectivity index (χ1v) is 10.9. The van der Waals surface area contributed by atoms with Gasteiger partial charge in [0.05, 0.1) is 0 Å². The predicted molar refractivity (Wildman–Crippen MR) is 112 cm³/mol. The van der Waals surface area contributed by atoms with E-state index in [0.29, 0.717) is 5.91 Å². The molecule has 1 amide bonds. The Balaban J connectivity index is 1.38. The summed E-state index contributed by atoms with van der Waals surface area (Å²) < 4.78 is 0. The number of amides is 1. The van der Waals surface area contributed by atoms with Crippen LogP contribution in [0.25, 0.3) is 0 Å². The summed E-state index contributed by atoms with van der Waals surface area (Å²) in [7, 11) is 2.17. The predicted octanol–water partition coefficient (Wildman–Crippen LogP) is 1.77. The molecule has 0 spiro atoms. The zero-order valence-corrected chi connectivity index (χ0v) is 17.4. The first kappa shape index (κ1) is 19.4. The van der Waals surface area contributed by atoms with E-state index in [1.54, 1.807) is 0 Å².